The van der Waals surface area contributed by atoms with Gasteiger partial charge in [-0.25, -0.2) is 18.2 Å². The van der Waals surface area contributed by atoms with Crippen molar-refractivity contribution in [1.82, 2.24) is 14.2 Å². The number of carboxylic acid groups (broad SMARTS) is 1. The Balaban J connectivity index is 0.000000318. The highest BCUT2D eigenvalue weighted by Gasteiger charge is 2.38. The molecule has 0 bridgehead atoms. The Morgan fingerprint density at radius 1 is 1.23 bits per heavy atom. The third-order valence-corrected chi connectivity index (χ3v) is 7.77. The average Bonchev–Trinajstić information content (AvgIpc) is 3.39. The first-order valence-electron chi connectivity index (χ1n) is 9.11. The molecule has 2 aliphatic heterocycles. The van der Waals surface area contributed by atoms with Gasteiger partial charge in [0.1, 0.15) is 9.97 Å². The number of hydrogen-bond acceptors (Lipinski definition) is 7. The van der Waals surface area contributed by atoms with Crippen molar-refractivity contribution in [2.45, 2.75) is 49.3 Å². The molecule has 1 N–H and O–H groups in total. The summed E-state index contributed by atoms with van der Waals surface area (Å²) < 4.78 is 64.4. The van der Waals surface area contributed by atoms with Gasteiger partial charge in [-0.15, -0.1) is 11.3 Å². The highest BCUT2D eigenvalue weighted by Crippen LogP contribution is 2.31. The molecule has 2 aromatic rings. The second kappa shape index (κ2) is 9.04. The van der Waals surface area contributed by atoms with Crippen molar-refractivity contribution in [3.63, 3.8) is 0 Å². The molecule has 0 saturated carbocycles. The number of rotatable bonds is 4. The van der Waals surface area contributed by atoms with Crippen LogP contribution in [0.25, 0.3) is 0 Å². The summed E-state index contributed by atoms with van der Waals surface area (Å²) in [6, 6.07) is 3.38. The van der Waals surface area contributed by atoms with E-state index in [9.17, 15) is 21.6 Å². The van der Waals surface area contributed by atoms with Crippen LogP contribution in [0.4, 0.5) is 13.2 Å². The van der Waals surface area contributed by atoms with E-state index in [0.29, 0.717) is 22.4 Å². The molecule has 4 rings (SSSR count). The number of likely N-dealkylation sites (tertiary alicyclic amines) is 1. The molecule has 0 spiro atoms. The first kappa shape index (κ1) is 22.7. The molecule has 2 aromatic heterocycles. The van der Waals surface area contributed by atoms with Crippen LogP contribution in [0, 0.1) is 0 Å². The van der Waals surface area contributed by atoms with Crippen molar-refractivity contribution in [3.05, 3.63) is 34.9 Å². The van der Waals surface area contributed by atoms with E-state index in [-0.39, 0.29) is 6.54 Å². The van der Waals surface area contributed by atoms with E-state index in [1.807, 2.05) is 0 Å². The van der Waals surface area contributed by atoms with Crippen molar-refractivity contribution in [2.75, 3.05) is 13.1 Å². The van der Waals surface area contributed by atoms with Crippen molar-refractivity contribution >= 4 is 27.3 Å². The van der Waals surface area contributed by atoms with Gasteiger partial charge < -0.3 is 9.52 Å². The number of oxazole rings is 1. The van der Waals surface area contributed by atoms with E-state index in [4.69, 9.17) is 14.3 Å². The minimum atomic E-state index is -5.08. The van der Waals surface area contributed by atoms with E-state index >= 15 is 0 Å². The van der Waals surface area contributed by atoms with Gasteiger partial charge in [-0.05, 0) is 37.4 Å². The molecule has 166 valence electrons. The molecule has 13 heteroatoms. The molecule has 4 heterocycles. The molecular weight excluding hydrogens is 447 g/mol. The maximum absolute atomic E-state index is 12.5. The summed E-state index contributed by atoms with van der Waals surface area (Å²) >= 11 is 1.24. The Bertz CT molecular complexity index is 944. The topological polar surface area (TPSA) is 104 Å². The number of fused-ring (bicyclic) bond motifs is 1. The molecule has 8 nitrogen and oxygen atoms in total. The van der Waals surface area contributed by atoms with Gasteiger partial charge >= 0.3 is 12.1 Å². The summed E-state index contributed by atoms with van der Waals surface area (Å²) in [5, 5.41) is 8.90. The Hall–Kier alpha value is -1.96. The zero-order valence-electron chi connectivity index (χ0n) is 15.8. The van der Waals surface area contributed by atoms with Crippen LogP contribution >= 0.6 is 11.3 Å². The molecular formula is C17H20F3N3O5S2. The SMILES string of the molecule is O=C(O)C(F)(F)F.O=S(=O)(c1cccs1)N1Cc2nc(CN3CCCCC3)oc2C1. The van der Waals surface area contributed by atoms with Gasteiger partial charge in [-0.1, -0.05) is 12.5 Å². The molecule has 0 aromatic carbocycles. The van der Waals surface area contributed by atoms with Gasteiger partial charge in [-0.3, -0.25) is 4.90 Å². The Morgan fingerprint density at radius 2 is 1.90 bits per heavy atom. The van der Waals surface area contributed by atoms with Gasteiger partial charge in [0.2, 0.25) is 5.89 Å². The Labute approximate surface area is 175 Å². The monoisotopic (exact) mass is 467 g/mol. The quantitative estimate of drug-likeness (QED) is 0.737. The van der Waals surface area contributed by atoms with Crippen molar-refractivity contribution in [3.8, 4) is 0 Å². The zero-order chi connectivity index (χ0) is 21.9. The van der Waals surface area contributed by atoms with Crippen molar-refractivity contribution in [2.24, 2.45) is 0 Å². The summed E-state index contributed by atoms with van der Waals surface area (Å²) in [6.07, 6.45) is -1.32. The van der Waals surface area contributed by atoms with Crippen LogP contribution in [0.15, 0.2) is 26.1 Å². The lowest BCUT2D eigenvalue weighted by Crippen LogP contribution is -2.29. The van der Waals surface area contributed by atoms with Crippen LogP contribution in [-0.4, -0.2) is 52.9 Å². The lowest BCUT2D eigenvalue weighted by molar-refractivity contribution is -0.192. The van der Waals surface area contributed by atoms with Crippen LogP contribution in [0.3, 0.4) is 0 Å². The first-order valence-corrected chi connectivity index (χ1v) is 11.4. The number of aliphatic carboxylic acids is 1. The first-order chi connectivity index (χ1) is 14.1. The van der Waals surface area contributed by atoms with E-state index in [1.165, 1.54) is 34.9 Å². The minimum absolute atomic E-state index is 0.280. The Kier molecular flexibility index (Phi) is 6.84. The number of nitrogens with zero attached hydrogens (tertiary/aromatic N) is 3. The largest absolute Gasteiger partial charge is 0.490 e. The van der Waals surface area contributed by atoms with E-state index in [2.05, 4.69) is 9.88 Å². The average molecular weight is 467 g/mol. The molecule has 1 fully saturated rings. The third kappa shape index (κ3) is 5.39. The van der Waals surface area contributed by atoms with Crippen LogP contribution in [0.5, 0.6) is 0 Å². The number of thiophene rings is 1. The fourth-order valence-electron chi connectivity index (χ4n) is 3.15. The van der Waals surface area contributed by atoms with E-state index in [1.54, 1.807) is 17.5 Å². The number of carboxylic acids is 1. The van der Waals surface area contributed by atoms with Crippen LogP contribution in [-0.2, 0) is 34.5 Å². The highest BCUT2D eigenvalue weighted by atomic mass is 32.2. The molecule has 0 radical (unpaired) electrons. The molecule has 0 aliphatic carbocycles. The fourth-order valence-corrected chi connectivity index (χ4v) is 5.65. The van der Waals surface area contributed by atoms with Crippen LogP contribution in [0.2, 0.25) is 0 Å². The van der Waals surface area contributed by atoms with E-state index in [0.717, 1.165) is 25.3 Å². The molecule has 2 aliphatic rings. The normalized spacial score (nSPS) is 18.0. The predicted molar refractivity (Wildman–Crippen MR) is 100 cm³/mol. The second-order valence-electron chi connectivity index (χ2n) is 6.82. The predicted octanol–water partition coefficient (Wildman–Crippen LogP) is 3.06. The summed E-state index contributed by atoms with van der Waals surface area (Å²) in [7, 11) is -3.43. The molecule has 1 saturated heterocycles. The van der Waals surface area contributed by atoms with Crippen LogP contribution < -0.4 is 0 Å². The van der Waals surface area contributed by atoms with Crippen LogP contribution in [0.1, 0.15) is 36.6 Å². The van der Waals surface area contributed by atoms with Gasteiger partial charge in [0.25, 0.3) is 10.0 Å². The summed E-state index contributed by atoms with van der Waals surface area (Å²) in [5.41, 5.74) is 0.761. The number of aromatic nitrogens is 1. The van der Waals surface area contributed by atoms with Gasteiger partial charge in [0.05, 0.1) is 25.3 Å². The summed E-state index contributed by atoms with van der Waals surface area (Å²) in [6.45, 7) is 3.49. The minimum Gasteiger partial charge on any atom is -0.475 e. The van der Waals surface area contributed by atoms with Crippen molar-refractivity contribution in [1.29, 1.82) is 0 Å². The lowest BCUT2D eigenvalue weighted by atomic mass is 10.1. The number of carbonyl (C=O) groups is 1. The fraction of sp³-hybridized carbons (Fsp3) is 0.529. The number of halogens is 3. The molecule has 30 heavy (non-hydrogen) atoms. The van der Waals surface area contributed by atoms with Gasteiger partial charge in [0.15, 0.2) is 0 Å². The lowest BCUT2D eigenvalue weighted by Gasteiger charge is -2.24. The Morgan fingerprint density at radius 3 is 2.43 bits per heavy atom. The van der Waals surface area contributed by atoms with Gasteiger partial charge in [-0.2, -0.15) is 17.5 Å². The number of hydrogen-bond donors (Lipinski definition) is 1. The number of sulfonamides is 1. The number of alkyl halides is 3. The smallest absolute Gasteiger partial charge is 0.475 e. The van der Waals surface area contributed by atoms with Crippen molar-refractivity contribution < 1.29 is 35.9 Å². The highest BCUT2D eigenvalue weighted by molar-refractivity contribution is 7.91. The third-order valence-electron chi connectivity index (χ3n) is 4.61. The molecule has 0 amide bonds. The maximum atomic E-state index is 12.5. The van der Waals surface area contributed by atoms with E-state index < -0.39 is 22.2 Å². The van der Waals surface area contributed by atoms with Gasteiger partial charge in [0, 0.05) is 0 Å². The number of piperidine rings is 1. The summed E-state index contributed by atoms with van der Waals surface area (Å²) in [4.78, 5) is 15.8. The standard InChI is InChI=1S/C15H19N3O3S2.C2HF3O2/c19-23(20,15-5-4-8-22-15)18-9-12-13(10-18)21-14(16-12)11-17-6-2-1-3-7-17;3-2(4,5)1(6)7/h4-5,8H,1-3,6-7,9-11H2;(H,6,7). The molecule has 0 atom stereocenters. The second-order valence-corrected chi connectivity index (χ2v) is 9.93. The molecule has 0 unspecified atom stereocenters. The maximum Gasteiger partial charge on any atom is 0.490 e. The summed E-state index contributed by atoms with van der Waals surface area (Å²) in [5.74, 6) is -1.35. The zero-order valence-corrected chi connectivity index (χ0v) is 17.4.